The number of H-pyrrole nitrogens is 1. The molecule has 3 aromatic rings. The Bertz CT molecular complexity index is 1310. The molecule has 2 bridgehead atoms. The van der Waals surface area contributed by atoms with Gasteiger partial charge in [0, 0.05) is 55.1 Å². The Morgan fingerprint density at radius 3 is 2.72 bits per heavy atom. The van der Waals surface area contributed by atoms with Crippen LogP contribution in [0.25, 0.3) is 27.7 Å². The topological polar surface area (TPSA) is 114 Å². The summed E-state index contributed by atoms with van der Waals surface area (Å²) in [6.45, 7) is 1.62. The van der Waals surface area contributed by atoms with Crippen LogP contribution in [0.5, 0.6) is 5.75 Å². The van der Waals surface area contributed by atoms with Gasteiger partial charge in [-0.25, -0.2) is 9.37 Å². The molecule has 1 amide bonds. The van der Waals surface area contributed by atoms with Crippen LogP contribution in [0.2, 0.25) is 0 Å². The molecule has 210 valence electrons. The fourth-order valence-electron chi connectivity index (χ4n) is 5.35. The number of likely N-dealkylation sites (N-methyl/N-ethyl adjacent to an activating group) is 2. The third-order valence-electron chi connectivity index (χ3n) is 7.41. The third-order valence-corrected chi connectivity index (χ3v) is 7.41. The van der Waals surface area contributed by atoms with Crippen LogP contribution in [0.3, 0.4) is 0 Å². The second-order valence-corrected chi connectivity index (χ2v) is 9.88. The van der Waals surface area contributed by atoms with Crippen molar-refractivity contribution in [1.82, 2.24) is 25.1 Å². The highest BCUT2D eigenvalue weighted by atomic mass is 19.1. The second kappa shape index (κ2) is 13.2. The number of carbonyl (C=O) groups excluding carboxylic acids is 1. The minimum atomic E-state index is -0.317. The number of benzene rings is 1. The number of amides is 1. The number of methoxy groups -OCH3 is 1. The number of halogens is 1. The molecule has 2 unspecified atom stereocenters. The zero-order valence-electron chi connectivity index (χ0n) is 22.8. The van der Waals surface area contributed by atoms with Gasteiger partial charge in [0.1, 0.15) is 17.2 Å². The number of fused-ring (bicyclic) bond motifs is 3. The number of aromatic nitrogens is 2. The Kier molecular flexibility index (Phi) is 9.68. The number of carbonyl (C=O) groups is 1. The van der Waals surface area contributed by atoms with Gasteiger partial charge in [-0.3, -0.25) is 9.69 Å². The predicted octanol–water partition coefficient (Wildman–Crippen LogP) is 2.65. The van der Waals surface area contributed by atoms with E-state index in [2.05, 4.69) is 32.3 Å². The Morgan fingerprint density at radius 2 is 2.05 bits per heavy atom. The number of nitrogens with one attached hydrogen (secondary N) is 2. The molecule has 2 aliphatic rings. The molecule has 10 heteroatoms. The lowest BCUT2D eigenvalue weighted by Crippen LogP contribution is -2.46. The SMILES string of the molecule is CNCCO.COc1ccc(F)cc1-c1ccnc2[nH]c(C3=CC4CCC(C3)N4CC(=O)N(C)CCO)cc12. The number of hydrogen-bond donors (Lipinski definition) is 4. The molecule has 0 radical (unpaired) electrons. The molecule has 2 aromatic heterocycles. The van der Waals surface area contributed by atoms with Gasteiger partial charge in [-0.05, 0) is 67.8 Å². The molecule has 2 aliphatic heterocycles. The number of hydrogen-bond acceptors (Lipinski definition) is 7. The van der Waals surface area contributed by atoms with Gasteiger partial charge in [0.05, 0.1) is 26.9 Å². The summed E-state index contributed by atoms with van der Waals surface area (Å²) in [5.41, 5.74) is 4.52. The van der Waals surface area contributed by atoms with E-state index in [-0.39, 0.29) is 31.0 Å². The number of aromatic amines is 1. The van der Waals surface area contributed by atoms with Gasteiger partial charge in [0.15, 0.2) is 0 Å². The van der Waals surface area contributed by atoms with Gasteiger partial charge in [-0.15, -0.1) is 0 Å². The zero-order chi connectivity index (χ0) is 27.9. The van der Waals surface area contributed by atoms with Crippen molar-refractivity contribution in [2.75, 3.05) is 54.1 Å². The van der Waals surface area contributed by atoms with Crippen molar-refractivity contribution in [2.24, 2.45) is 0 Å². The Morgan fingerprint density at radius 1 is 1.23 bits per heavy atom. The molecule has 39 heavy (non-hydrogen) atoms. The Labute approximate surface area is 228 Å². The maximum Gasteiger partial charge on any atom is 0.236 e. The van der Waals surface area contributed by atoms with Crippen molar-refractivity contribution in [1.29, 1.82) is 0 Å². The monoisotopic (exact) mass is 539 g/mol. The maximum atomic E-state index is 14.0. The van der Waals surface area contributed by atoms with Crippen LogP contribution in [0, 0.1) is 5.82 Å². The maximum absolute atomic E-state index is 14.0. The summed E-state index contributed by atoms with van der Waals surface area (Å²) in [5, 5.41) is 20.8. The van der Waals surface area contributed by atoms with Gasteiger partial charge in [0.2, 0.25) is 5.91 Å². The number of aliphatic hydroxyl groups is 2. The van der Waals surface area contributed by atoms with E-state index < -0.39 is 0 Å². The van der Waals surface area contributed by atoms with E-state index in [0.29, 0.717) is 37.0 Å². The van der Waals surface area contributed by atoms with Gasteiger partial charge in [0.25, 0.3) is 0 Å². The molecular weight excluding hydrogens is 501 g/mol. The van der Waals surface area contributed by atoms with Crippen molar-refractivity contribution in [3.8, 4) is 16.9 Å². The van der Waals surface area contributed by atoms with Gasteiger partial charge in [-0.2, -0.15) is 0 Å². The standard InChI is InChI=1S/C26H29FN4O3.C3H9NO/c1-30(9-10-32)25(33)15-31-18-4-5-19(31)12-16(11-18)23-14-22-20(7-8-28-26(22)29-23)21-13-17(27)3-6-24(21)34-2;1-4-2-3-5/h3,6-8,11,13-14,18-19,32H,4-5,9-10,12,15H2,1-2H3,(H,28,29);4-5H,2-3H2,1H3. The number of pyridine rings is 1. The lowest BCUT2D eigenvalue weighted by atomic mass is 9.97. The van der Waals surface area contributed by atoms with Gasteiger partial charge < -0.3 is 30.2 Å². The molecule has 4 N–H and O–H groups in total. The Balaban J connectivity index is 0.000000648. The number of rotatable bonds is 9. The number of aliphatic hydroxyl groups excluding tert-OH is 2. The van der Waals surface area contributed by atoms with Crippen molar-refractivity contribution < 1.29 is 24.1 Å². The van der Waals surface area contributed by atoms with Crippen LogP contribution in [0.15, 0.2) is 42.6 Å². The zero-order valence-corrected chi connectivity index (χ0v) is 22.8. The summed E-state index contributed by atoms with van der Waals surface area (Å²) in [4.78, 5) is 24.4. The van der Waals surface area contributed by atoms with E-state index >= 15 is 0 Å². The fourth-order valence-corrected chi connectivity index (χ4v) is 5.35. The molecule has 9 nitrogen and oxygen atoms in total. The number of ether oxygens (including phenoxy) is 1. The van der Waals surface area contributed by atoms with Crippen molar-refractivity contribution in [2.45, 2.75) is 31.3 Å². The average Bonchev–Trinajstić information content (AvgIpc) is 3.46. The molecule has 0 saturated carbocycles. The first kappa shape index (κ1) is 28.7. The molecule has 1 fully saturated rings. The molecule has 2 atom stereocenters. The van der Waals surface area contributed by atoms with Crippen LogP contribution < -0.4 is 10.1 Å². The molecule has 1 saturated heterocycles. The normalized spacial score (nSPS) is 18.5. The highest BCUT2D eigenvalue weighted by Gasteiger charge is 2.38. The lowest BCUT2D eigenvalue weighted by molar-refractivity contribution is -0.132. The second-order valence-electron chi connectivity index (χ2n) is 9.88. The smallest absolute Gasteiger partial charge is 0.236 e. The lowest BCUT2D eigenvalue weighted by Gasteiger charge is -2.34. The fraction of sp³-hybridized carbons (Fsp3) is 0.448. The van der Waals surface area contributed by atoms with Crippen molar-refractivity contribution in [3.05, 3.63) is 54.1 Å². The van der Waals surface area contributed by atoms with E-state index in [1.165, 1.54) is 17.7 Å². The molecule has 0 aliphatic carbocycles. The first-order valence-corrected chi connectivity index (χ1v) is 13.3. The molecular formula is C29H38FN5O4. The first-order valence-electron chi connectivity index (χ1n) is 13.3. The third kappa shape index (κ3) is 6.47. The van der Waals surface area contributed by atoms with Crippen LogP contribution in [-0.2, 0) is 4.79 Å². The largest absolute Gasteiger partial charge is 0.496 e. The quantitative estimate of drug-likeness (QED) is 0.331. The van der Waals surface area contributed by atoms with Crippen molar-refractivity contribution >= 4 is 22.5 Å². The summed E-state index contributed by atoms with van der Waals surface area (Å²) in [5.74, 6) is 0.326. The highest BCUT2D eigenvalue weighted by molar-refractivity contribution is 5.96. The van der Waals surface area contributed by atoms with Crippen LogP contribution in [0.4, 0.5) is 4.39 Å². The summed E-state index contributed by atoms with van der Waals surface area (Å²) in [6, 6.07) is 9.00. The van der Waals surface area contributed by atoms with E-state index in [1.54, 1.807) is 38.4 Å². The van der Waals surface area contributed by atoms with E-state index in [1.807, 2.05) is 6.07 Å². The predicted molar refractivity (Wildman–Crippen MR) is 150 cm³/mol. The number of nitrogens with zero attached hydrogens (tertiary/aromatic N) is 3. The highest BCUT2D eigenvalue weighted by Crippen LogP contribution is 2.40. The molecule has 4 heterocycles. The van der Waals surface area contributed by atoms with E-state index in [0.717, 1.165) is 41.6 Å². The Hall–Kier alpha value is -3.31. The minimum absolute atomic E-state index is 0.0307. The van der Waals surface area contributed by atoms with Crippen LogP contribution >= 0.6 is 0 Å². The average molecular weight is 540 g/mol. The molecule has 5 rings (SSSR count). The summed E-state index contributed by atoms with van der Waals surface area (Å²) in [7, 11) is 5.11. The summed E-state index contributed by atoms with van der Waals surface area (Å²) < 4.78 is 19.5. The van der Waals surface area contributed by atoms with Gasteiger partial charge >= 0.3 is 0 Å². The van der Waals surface area contributed by atoms with E-state index in [4.69, 9.17) is 14.9 Å². The van der Waals surface area contributed by atoms with E-state index in [9.17, 15) is 9.18 Å². The van der Waals surface area contributed by atoms with Gasteiger partial charge in [-0.1, -0.05) is 6.08 Å². The van der Waals surface area contributed by atoms with Crippen molar-refractivity contribution in [3.63, 3.8) is 0 Å². The van der Waals surface area contributed by atoms with Crippen LogP contribution in [-0.4, -0.2) is 102 Å². The molecule has 0 spiro atoms. The van der Waals surface area contributed by atoms with Crippen LogP contribution in [0.1, 0.15) is 25.0 Å². The summed E-state index contributed by atoms with van der Waals surface area (Å²) >= 11 is 0. The minimum Gasteiger partial charge on any atom is -0.496 e. The molecule has 1 aromatic carbocycles. The summed E-state index contributed by atoms with van der Waals surface area (Å²) in [6.07, 6.45) is 6.90. The first-order chi connectivity index (χ1) is 18.9.